The van der Waals surface area contributed by atoms with Gasteiger partial charge in [-0.25, -0.2) is 0 Å². The predicted molar refractivity (Wildman–Crippen MR) is 87.2 cm³/mol. The fourth-order valence-electron chi connectivity index (χ4n) is 2.73. The Bertz CT molecular complexity index is 465. The van der Waals surface area contributed by atoms with Crippen molar-refractivity contribution in [2.24, 2.45) is 5.92 Å². The lowest BCUT2D eigenvalue weighted by atomic mass is 9.87. The van der Waals surface area contributed by atoms with Gasteiger partial charge in [0.05, 0.1) is 0 Å². The van der Waals surface area contributed by atoms with Crippen LogP contribution in [-0.2, 0) is 16.8 Å². The third-order valence-electron chi connectivity index (χ3n) is 4.38. The number of carbonyl (C=O) groups excluding carboxylic acids is 1. The molecule has 3 nitrogen and oxygen atoms in total. The summed E-state index contributed by atoms with van der Waals surface area (Å²) < 4.78 is 0. The van der Waals surface area contributed by atoms with Crippen LogP contribution in [-0.4, -0.2) is 30.9 Å². The summed E-state index contributed by atoms with van der Waals surface area (Å²) in [5.74, 6) is 0.401. The smallest absolute Gasteiger partial charge is 0.223 e. The van der Waals surface area contributed by atoms with Crippen molar-refractivity contribution in [1.29, 1.82) is 0 Å². The normalized spacial score (nSPS) is 17.7. The second-order valence-corrected chi connectivity index (χ2v) is 7.24. The highest BCUT2D eigenvalue weighted by Gasteiger charge is 2.22. The molecule has 0 radical (unpaired) electrons. The molecule has 1 aliphatic heterocycles. The molecule has 1 fully saturated rings. The number of rotatable bonds is 3. The van der Waals surface area contributed by atoms with Gasteiger partial charge in [0.15, 0.2) is 0 Å². The molecule has 1 heterocycles. The zero-order chi connectivity index (χ0) is 15.5. The van der Waals surface area contributed by atoms with Gasteiger partial charge >= 0.3 is 0 Å². The van der Waals surface area contributed by atoms with E-state index in [-0.39, 0.29) is 17.2 Å². The number of carbonyl (C=O) groups is 1. The first-order valence-electron chi connectivity index (χ1n) is 7.92. The SMILES string of the molecule is CN1CCC(C(=O)NCc2ccc(C(C)(C)C)cc2)CC1. The Kier molecular flexibility index (Phi) is 5.04. The summed E-state index contributed by atoms with van der Waals surface area (Å²) in [6.45, 7) is 9.32. The summed E-state index contributed by atoms with van der Waals surface area (Å²) >= 11 is 0. The minimum atomic E-state index is 0.176. The Labute approximate surface area is 128 Å². The summed E-state index contributed by atoms with van der Waals surface area (Å²) in [4.78, 5) is 14.5. The minimum absolute atomic E-state index is 0.176. The van der Waals surface area contributed by atoms with E-state index in [0.29, 0.717) is 6.54 Å². The molecule has 116 valence electrons. The summed E-state index contributed by atoms with van der Waals surface area (Å²) in [6, 6.07) is 8.57. The van der Waals surface area contributed by atoms with Crippen molar-refractivity contribution in [1.82, 2.24) is 10.2 Å². The number of amides is 1. The Hall–Kier alpha value is -1.35. The van der Waals surface area contributed by atoms with E-state index < -0.39 is 0 Å². The molecule has 1 saturated heterocycles. The number of hydrogen-bond acceptors (Lipinski definition) is 2. The van der Waals surface area contributed by atoms with Crippen LogP contribution < -0.4 is 5.32 Å². The van der Waals surface area contributed by atoms with Crippen molar-refractivity contribution in [3.63, 3.8) is 0 Å². The molecular weight excluding hydrogens is 260 g/mol. The Morgan fingerprint density at radius 2 is 1.76 bits per heavy atom. The number of nitrogens with zero attached hydrogens (tertiary/aromatic N) is 1. The first-order valence-corrected chi connectivity index (χ1v) is 7.92. The third kappa shape index (κ3) is 4.57. The molecule has 0 saturated carbocycles. The third-order valence-corrected chi connectivity index (χ3v) is 4.38. The molecule has 1 aromatic carbocycles. The molecule has 21 heavy (non-hydrogen) atoms. The first-order chi connectivity index (χ1) is 9.86. The molecular formula is C18H28N2O. The van der Waals surface area contributed by atoms with Crippen LogP contribution in [0.15, 0.2) is 24.3 Å². The molecule has 1 aliphatic rings. The number of nitrogens with one attached hydrogen (secondary N) is 1. The molecule has 0 bridgehead atoms. The Morgan fingerprint density at radius 3 is 2.29 bits per heavy atom. The standard InChI is InChI=1S/C18H28N2O/c1-18(2,3)16-7-5-14(6-8-16)13-19-17(21)15-9-11-20(4)12-10-15/h5-8,15H,9-13H2,1-4H3,(H,19,21). The Morgan fingerprint density at radius 1 is 1.19 bits per heavy atom. The van der Waals surface area contributed by atoms with Gasteiger partial charge in [0, 0.05) is 12.5 Å². The monoisotopic (exact) mass is 288 g/mol. The molecule has 0 unspecified atom stereocenters. The highest BCUT2D eigenvalue weighted by Crippen LogP contribution is 2.22. The van der Waals surface area contributed by atoms with E-state index in [1.165, 1.54) is 11.1 Å². The second-order valence-electron chi connectivity index (χ2n) is 7.24. The van der Waals surface area contributed by atoms with Crippen LogP contribution in [0.2, 0.25) is 0 Å². The molecule has 0 atom stereocenters. The molecule has 1 aromatic rings. The lowest BCUT2D eigenvalue weighted by Crippen LogP contribution is -2.38. The van der Waals surface area contributed by atoms with E-state index in [2.05, 4.69) is 62.3 Å². The lowest BCUT2D eigenvalue weighted by Gasteiger charge is -2.28. The van der Waals surface area contributed by atoms with Crippen molar-refractivity contribution >= 4 is 5.91 Å². The zero-order valence-electron chi connectivity index (χ0n) is 13.8. The fraction of sp³-hybridized carbons (Fsp3) is 0.611. The van der Waals surface area contributed by atoms with Gasteiger partial charge < -0.3 is 10.2 Å². The van der Waals surface area contributed by atoms with Gasteiger partial charge in [-0.15, -0.1) is 0 Å². The maximum atomic E-state index is 12.2. The van der Waals surface area contributed by atoms with Gasteiger partial charge in [-0.3, -0.25) is 4.79 Å². The number of likely N-dealkylation sites (tertiary alicyclic amines) is 1. The highest BCUT2D eigenvalue weighted by atomic mass is 16.1. The van der Waals surface area contributed by atoms with Crippen LogP contribution in [0.1, 0.15) is 44.7 Å². The molecule has 2 rings (SSSR count). The van der Waals surface area contributed by atoms with E-state index in [1.54, 1.807) is 0 Å². The summed E-state index contributed by atoms with van der Waals surface area (Å²) in [7, 11) is 2.12. The maximum absolute atomic E-state index is 12.2. The summed E-state index contributed by atoms with van der Waals surface area (Å²) in [6.07, 6.45) is 1.95. The largest absolute Gasteiger partial charge is 0.352 e. The van der Waals surface area contributed by atoms with Crippen LogP contribution in [0.25, 0.3) is 0 Å². The van der Waals surface area contributed by atoms with Crippen molar-refractivity contribution in [2.45, 2.75) is 45.6 Å². The quantitative estimate of drug-likeness (QED) is 0.927. The molecule has 1 amide bonds. The fourth-order valence-corrected chi connectivity index (χ4v) is 2.73. The Balaban J connectivity index is 1.84. The zero-order valence-corrected chi connectivity index (χ0v) is 13.8. The topological polar surface area (TPSA) is 32.3 Å². The molecule has 0 aromatic heterocycles. The van der Waals surface area contributed by atoms with Crippen LogP contribution in [0.5, 0.6) is 0 Å². The molecule has 3 heteroatoms. The number of hydrogen-bond donors (Lipinski definition) is 1. The van der Waals surface area contributed by atoms with Crippen LogP contribution in [0.4, 0.5) is 0 Å². The van der Waals surface area contributed by atoms with Gasteiger partial charge in [-0.2, -0.15) is 0 Å². The van der Waals surface area contributed by atoms with Crippen molar-refractivity contribution in [3.05, 3.63) is 35.4 Å². The second kappa shape index (κ2) is 6.61. The summed E-state index contributed by atoms with van der Waals surface area (Å²) in [5, 5.41) is 3.08. The number of benzene rings is 1. The van der Waals surface area contributed by atoms with E-state index in [0.717, 1.165) is 25.9 Å². The average molecular weight is 288 g/mol. The molecule has 0 aliphatic carbocycles. The van der Waals surface area contributed by atoms with Crippen LogP contribution in [0, 0.1) is 5.92 Å². The predicted octanol–water partition coefficient (Wildman–Crippen LogP) is 2.94. The van der Waals surface area contributed by atoms with Crippen LogP contribution >= 0.6 is 0 Å². The summed E-state index contributed by atoms with van der Waals surface area (Å²) in [5.41, 5.74) is 2.67. The first kappa shape index (κ1) is 16.0. The molecule has 0 spiro atoms. The number of piperidine rings is 1. The van der Waals surface area contributed by atoms with Gasteiger partial charge in [0.1, 0.15) is 0 Å². The van der Waals surface area contributed by atoms with E-state index in [9.17, 15) is 4.79 Å². The van der Waals surface area contributed by atoms with Crippen molar-refractivity contribution in [3.8, 4) is 0 Å². The average Bonchev–Trinajstić information content (AvgIpc) is 2.45. The van der Waals surface area contributed by atoms with Crippen molar-refractivity contribution < 1.29 is 4.79 Å². The van der Waals surface area contributed by atoms with E-state index in [4.69, 9.17) is 0 Å². The highest BCUT2D eigenvalue weighted by molar-refractivity contribution is 5.78. The van der Waals surface area contributed by atoms with Crippen molar-refractivity contribution in [2.75, 3.05) is 20.1 Å². The lowest BCUT2D eigenvalue weighted by molar-refractivity contribution is -0.126. The van der Waals surface area contributed by atoms with Gasteiger partial charge in [-0.1, -0.05) is 45.0 Å². The van der Waals surface area contributed by atoms with Crippen LogP contribution in [0.3, 0.4) is 0 Å². The van der Waals surface area contributed by atoms with Gasteiger partial charge in [0.25, 0.3) is 0 Å². The van der Waals surface area contributed by atoms with Gasteiger partial charge in [-0.05, 0) is 49.5 Å². The molecule has 1 N–H and O–H groups in total. The van der Waals surface area contributed by atoms with E-state index >= 15 is 0 Å². The van der Waals surface area contributed by atoms with E-state index in [1.807, 2.05) is 0 Å². The minimum Gasteiger partial charge on any atom is -0.352 e. The maximum Gasteiger partial charge on any atom is 0.223 e. The van der Waals surface area contributed by atoms with Gasteiger partial charge in [0.2, 0.25) is 5.91 Å².